The number of benzene rings is 1. The molecule has 1 N–H and O–H groups in total. The Kier molecular flexibility index (Phi) is 3.83. The van der Waals surface area contributed by atoms with Gasteiger partial charge in [0, 0.05) is 0 Å². The van der Waals surface area contributed by atoms with Gasteiger partial charge in [-0.05, 0) is 17.7 Å². The van der Waals surface area contributed by atoms with Crippen molar-refractivity contribution in [1.29, 1.82) is 5.26 Å². The molecule has 0 aliphatic heterocycles. The van der Waals surface area contributed by atoms with Gasteiger partial charge in [-0.3, -0.25) is 0 Å². The molecule has 1 aromatic rings. The minimum Gasteiger partial charge on any atom is -0.395 e. The molecule has 0 saturated heterocycles. The van der Waals surface area contributed by atoms with Crippen LogP contribution in [0, 0.1) is 11.3 Å². The van der Waals surface area contributed by atoms with Crippen molar-refractivity contribution < 1.29 is 13.5 Å². The van der Waals surface area contributed by atoms with E-state index in [0.717, 1.165) is 0 Å². The van der Waals surface area contributed by atoms with Crippen LogP contribution in [0.4, 0.5) is 0 Å². The molecule has 0 unspecified atom stereocenters. The van der Waals surface area contributed by atoms with Crippen LogP contribution >= 0.6 is 0 Å². The summed E-state index contributed by atoms with van der Waals surface area (Å²) in [6.45, 7) is -0.375. The average Bonchev–Trinajstić information content (AvgIpc) is 2.17. The van der Waals surface area contributed by atoms with Crippen LogP contribution in [0.1, 0.15) is 11.1 Å². The first kappa shape index (κ1) is 11.7. The second-order valence-corrected chi connectivity index (χ2v) is 5.31. The number of nitriles is 1. The summed E-state index contributed by atoms with van der Waals surface area (Å²) in [6.07, 6.45) is 0. The van der Waals surface area contributed by atoms with Crippen molar-refractivity contribution in [3.8, 4) is 6.07 Å². The summed E-state index contributed by atoms with van der Waals surface area (Å²) in [6, 6.07) is 8.38. The highest BCUT2D eigenvalue weighted by Gasteiger charge is 2.11. The van der Waals surface area contributed by atoms with E-state index in [0.29, 0.717) is 11.1 Å². The molecule has 4 nitrogen and oxygen atoms in total. The number of hydrogen-bond acceptors (Lipinski definition) is 4. The first-order valence-electron chi connectivity index (χ1n) is 4.38. The van der Waals surface area contributed by atoms with Crippen LogP contribution in [-0.4, -0.2) is 25.9 Å². The Balaban J connectivity index is 2.86. The quantitative estimate of drug-likeness (QED) is 0.807. The van der Waals surface area contributed by atoms with E-state index in [2.05, 4.69) is 0 Å². The summed E-state index contributed by atoms with van der Waals surface area (Å²) < 4.78 is 22.7. The van der Waals surface area contributed by atoms with Gasteiger partial charge in [0.05, 0.1) is 29.7 Å². The van der Waals surface area contributed by atoms with Crippen molar-refractivity contribution in [3.63, 3.8) is 0 Å². The van der Waals surface area contributed by atoms with E-state index in [9.17, 15) is 8.42 Å². The predicted molar refractivity (Wildman–Crippen MR) is 55.7 cm³/mol. The first-order valence-corrected chi connectivity index (χ1v) is 6.20. The highest BCUT2D eigenvalue weighted by atomic mass is 32.2. The number of rotatable bonds is 4. The van der Waals surface area contributed by atoms with Gasteiger partial charge in [-0.2, -0.15) is 5.26 Å². The van der Waals surface area contributed by atoms with Crippen molar-refractivity contribution in [3.05, 3.63) is 35.4 Å². The van der Waals surface area contributed by atoms with Crippen LogP contribution in [0.2, 0.25) is 0 Å². The summed E-state index contributed by atoms with van der Waals surface area (Å²) in [5, 5.41) is 17.2. The normalized spacial score (nSPS) is 10.9. The fourth-order valence-electron chi connectivity index (χ4n) is 1.20. The lowest BCUT2D eigenvalue weighted by Crippen LogP contribution is -2.12. The fourth-order valence-corrected chi connectivity index (χ4v) is 2.31. The van der Waals surface area contributed by atoms with Gasteiger partial charge in [-0.15, -0.1) is 0 Å². The van der Waals surface area contributed by atoms with E-state index < -0.39 is 9.84 Å². The molecule has 0 aliphatic rings. The molecule has 1 aromatic carbocycles. The van der Waals surface area contributed by atoms with E-state index in [1.807, 2.05) is 6.07 Å². The van der Waals surface area contributed by atoms with Gasteiger partial charge < -0.3 is 5.11 Å². The first-order chi connectivity index (χ1) is 7.07. The van der Waals surface area contributed by atoms with Crippen LogP contribution in [0.3, 0.4) is 0 Å². The van der Waals surface area contributed by atoms with E-state index in [-0.39, 0.29) is 18.1 Å². The lowest BCUT2D eigenvalue weighted by atomic mass is 10.2. The van der Waals surface area contributed by atoms with Crippen LogP contribution in [0.25, 0.3) is 0 Å². The third kappa shape index (κ3) is 3.70. The topological polar surface area (TPSA) is 78.2 Å². The molecule has 0 atom stereocenters. The highest BCUT2D eigenvalue weighted by molar-refractivity contribution is 7.90. The van der Waals surface area contributed by atoms with Gasteiger partial charge >= 0.3 is 0 Å². The molecule has 0 saturated carbocycles. The molecule has 0 aromatic heterocycles. The van der Waals surface area contributed by atoms with Gasteiger partial charge in [0.15, 0.2) is 9.84 Å². The molecule has 0 bridgehead atoms. The molecule has 0 fully saturated rings. The summed E-state index contributed by atoms with van der Waals surface area (Å²) in [5.41, 5.74) is 1.01. The Hall–Kier alpha value is -1.38. The highest BCUT2D eigenvalue weighted by Crippen LogP contribution is 2.08. The molecular formula is C10H11NO3S. The number of nitrogens with zero attached hydrogens (tertiary/aromatic N) is 1. The molecule has 5 heteroatoms. The minimum atomic E-state index is -3.27. The van der Waals surface area contributed by atoms with Gasteiger partial charge in [-0.1, -0.05) is 12.1 Å². The summed E-state index contributed by atoms with van der Waals surface area (Å²) in [5.74, 6) is -0.382. The number of hydrogen-bond donors (Lipinski definition) is 1. The van der Waals surface area contributed by atoms with Crippen molar-refractivity contribution in [2.75, 3.05) is 12.4 Å². The van der Waals surface area contributed by atoms with E-state index in [1.165, 1.54) is 6.07 Å². The average molecular weight is 225 g/mol. The van der Waals surface area contributed by atoms with Crippen LogP contribution < -0.4 is 0 Å². The zero-order valence-electron chi connectivity index (χ0n) is 8.05. The molecule has 0 amide bonds. The van der Waals surface area contributed by atoms with Crippen LogP contribution in [-0.2, 0) is 15.6 Å². The van der Waals surface area contributed by atoms with Crippen LogP contribution in [0.5, 0.6) is 0 Å². The third-order valence-corrected chi connectivity index (χ3v) is 3.42. The predicted octanol–water partition coefficient (Wildman–Crippen LogP) is 0.465. The van der Waals surface area contributed by atoms with Crippen molar-refractivity contribution in [1.82, 2.24) is 0 Å². The summed E-state index contributed by atoms with van der Waals surface area (Å²) >= 11 is 0. The molecule has 15 heavy (non-hydrogen) atoms. The fraction of sp³-hybridized carbons (Fsp3) is 0.300. The monoisotopic (exact) mass is 225 g/mol. The maximum Gasteiger partial charge on any atom is 0.156 e. The number of sulfone groups is 1. The number of aliphatic hydroxyl groups excluding tert-OH is 1. The van der Waals surface area contributed by atoms with Gasteiger partial charge in [-0.25, -0.2) is 8.42 Å². The van der Waals surface area contributed by atoms with Crippen LogP contribution in [0.15, 0.2) is 24.3 Å². The molecule has 80 valence electrons. The Morgan fingerprint density at radius 1 is 1.40 bits per heavy atom. The maximum absolute atomic E-state index is 11.4. The van der Waals surface area contributed by atoms with Gasteiger partial charge in [0.1, 0.15) is 0 Å². The van der Waals surface area contributed by atoms with Gasteiger partial charge in [0.2, 0.25) is 0 Å². The second-order valence-electron chi connectivity index (χ2n) is 3.13. The van der Waals surface area contributed by atoms with E-state index in [4.69, 9.17) is 10.4 Å². The Labute approximate surface area is 88.7 Å². The molecule has 0 radical (unpaired) electrons. The van der Waals surface area contributed by atoms with Crippen molar-refractivity contribution in [2.45, 2.75) is 5.75 Å². The Morgan fingerprint density at radius 3 is 2.73 bits per heavy atom. The zero-order chi connectivity index (χ0) is 11.3. The second kappa shape index (κ2) is 4.91. The third-order valence-electron chi connectivity index (χ3n) is 1.84. The molecule has 0 heterocycles. The Morgan fingerprint density at radius 2 is 2.13 bits per heavy atom. The summed E-state index contributed by atoms with van der Waals surface area (Å²) in [4.78, 5) is 0. The largest absolute Gasteiger partial charge is 0.395 e. The molecular weight excluding hydrogens is 214 g/mol. The molecule has 0 aliphatic carbocycles. The zero-order valence-corrected chi connectivity index (χ0v) is 8.87. The lowest BCUT2D eigenvalue weighted by molar-refractivity contribution is 0.319. The van der Waals surface area contributed by atoms with E-state index in [1.54, 1.807) is 18.2 Å². The molecule has 1 rings (SSSR count). The van der Waals surface area contributed by atoms with Crippen molar-refractivity contribution >= 4 is 9.84 Å². The van der Waals surface area contributed by atoms with Gasteiger partial charge in [0.25, 0.3) is 0 Å². The lowest BCUT2D eigenvalue weighted by Gasteiger charge is -2.02. The maximum atomic E-state index is 11.4. The SMILES string of the molecule is N#Cc1cccc(CS(=O)(=O)CCO)c1. The standard InChI is InChI=1S/C10H11NO3S/c11-7-9-2-1-3-10(6-9)8-15(13,14)5-4-12/h1-3,6,12H,4-5,8H2. The Bertz CT molecular complexity index is 474. The van der Waals surface area contributed by atoms with E-state index >= 15 is 0 Å². The minimum absolute atomic E-state index is 0.136. The smallest absolute Gasteiger partial charge is 0.156 e. The summed E-state index contributed by atoms with van der Waals surface area (Å²) in [7, 11) is -3.27. The molecule has 0 spiro atoms. The number of aliphatic hydroxyl groups is 1. The van der Waals surface area contributed by atoms with Crippen molar-refractivity contribution in [2.24, 2.45) is 0 Å².